The fourth-order valence-electron chi connectivity index (χ4n) is 2.30. The Morgan fingerprint density at radius 3 is 2.88 bits per heavy atom. The molecule has 1 amide bonds. The van der Waals surface area contributed by atoms with Crippen LogP contribution in [0.5, 0.6) is 5.75 Å². The predicted molar refractivity (Wildman–Crippen MR) is 88.6 cm³/mol. The van der Waals surface area contributed by atoms with Crippen LogP contribution in [0.25, 0.3) is 22.2 Å². The maximum Gasteiger partial charge on any atom is 0.216 e. The maximum absolute atomic E-state index is 14.0. The van der Waals surface area contributed by atoms with E-state index in [0.717, 1.165) is 0 Å². The molecule has 0 saturated heterocycles. The van der Waals surface area contributed by atoms with E-state index in [0.29, 0.717) is 34.5 Å². The Bertz CT molecular complexity index is 895. The van der Waals surface area contributed by atoms with Gasteiger partial charge in [-0.2, -0.15) is 0 Å². The average Bonchev–Trinajstić information content (AvgIpc) is 2.98. The lowest BCUT2D eigenvalue weighted by Crippen LogP contribution is -2.25. The summed E-state index contributed by atoms with van der Waals surface area (Å²) in [6.45, 7) is 2.05. The zero-order chi connectivity index (χ0) is 17.1. The van der Waals surface area contributed by atoms with Gasteiger partial charge in [0, 0.05) is 12.5 Å². The first-order valence-electron chi connectivity index (χ1n) is 7.28. The SMILES string of the molecule is CC(=O)NCCOc1ccc2c(-c3ccccc3F)noc2c1Cl. The third-order valence-corrected chi connectivity index (χ3v) is 3.77. The molecule has 7 heteroatoms. The van der Waals surface area contributed by atoms with E-state index in [2.05, 4.69) is 10.5 Å². The Kier molecular flexibility index (Phi) is 4.66. The highest BCUT2D eigenvalue weighted by molar-refractivity contribution is 6.36. The highest BCUT2D eigenvalue weighted by atomic mass is 35.5. The van der Waals surface area contributed by atoms with Crippen molar-refractivity contribution in [3.8, 4) is 17.0 Å². The molecule has 0 aliphatic rings. The number of nitrogens with one attached hydrogen (secondary N) is 1. The van der Waals surface area contributed by atoms with Gasteiger partial charge in [-0.25, -0.2) is 4.39 Å². The molecule has 24 heavy (non-hydrogen) atoms. The lowest BCUT2D eigenvalue weighted by atomic mass is 10.1. The lowest BCUT2D eigenvalue weighted by Gasteiger charge is -2.08. The summed E-state index contributed by atoms with van der Waals surface area (Å²) in [5, 5.41) is 7.41. The van der Waals surface area contributed by atoms with Crippen LogP contribution in [0.1, 0.15) is 6.92 Å². The Balaban J connectivity index is 1.89. The molecule has 0 saturated carbocycles. The van der Waals surface area contributed by atoms with Gasteiger partial charge in [0.15, 0.2) is 5.58 Å². The summed E-state index contributed by atoms with van der Waals surface area (Å²) in [5.74, 6) is -0.116. The molecule has 124 valence electrons. The zero-order valence-corrected chi connectivity index (χ0v) is 13.6. The number of carbonyl (C=O) groups is 1. The van der Waals surface area contributed by atoms with Crippen molar-refractivity contribution in [3.05, 3.63) is 47.2 Å². The van der Waals surface area contributed by atoms with Crippen LogP contribution in [0.2, 0.25) is 5.02 Å². The molecule has 1 aromatic heterocycles. The molecule has 0 radical (unpaired) electrons. The van der Waals surface area contributed by atoms with Gasteiger partial charge in [0.1, 0.15) is 28.9 Å². The minimum absolute atomic E-state index is 0.134. The van der Waals surface area contributed by atoms with E-state index in [1.807, 2.05) is 0 Å². The lowest BCUT2D eigenvalue weighted by molar-refractivity contribution is -0.119. The standard InChI is InChI=1S/C17H14ClFN2O3/c1-10(22)20-8-9-23-14-7-6-12-16(21-24-17(12)15(14)18)11-4-2-3-5-13(11)19/h2-7H,8-9H2,1H3,(H,20,22). The van der Waals surface area contributed by atoms with E-state index in [-0.39, 0.29) is 23.4 Å². The fourth-order valence-corrected chi connectivity index (χ4v) is 2.56. The second-order valence-electron chi connectivity index (χ2n) is 5.10. The summed E-state index contributed by atoms with van der Waals surface area (Å²) in [6.07, 6.45) is 0. The van der Waals surface area contributed by atoms with Crippen LogP contribution in [0.15, 0.2) is 40.9 Å². The number of hydrogen-bond donors (Lipinski definition) is 1. The molecule has 0 spiro atoms. The molecule has 1 N–H and O–H groups in total. The van der Waals surface area contributed by atoms with E-state index in [4.69, 9.17) is 20.9 Å². The second-order valence-corrected chi connectivity index (χ2v) is 5.47. The Hall–Kier alpha value is -2.60. The molecule has 0 unspecified atom stereocenters. The number of aromatic nitrogens is 1. The molecule has 1 heterocycles. The number of benzene rings is 2. The number of hydrogen-bond acceptors (Lipinski definition) is 4. The van der Waals surface area contributed by atoms with Crippen LogP contribution in [-0.2, 0) is 4.79 Å². The molecule has 0 aliphatic carbocycles. The summed E-state index contributed by atoms with van der Waals surface area (Å²) in [7, 11) is 0. The third-order valence-electron chi connectivity index (χ3n) is 3.41. The Labute approximate surface area is 142 Å². The fraction of sp³-hybridized carbons (Fsp3) is 0.176. The van der Waals surface area contributed by atoms with Crippen molar-refractivity contribution in [2.24, 2.45) is 0 Å². The van der Waals surface area contributed by atoms with Crippen molar-refractivity contribution in [2.45, 2.75) is 6.92 Å². The average molecular weight is 349 g/mol. The molecule has 0 aliphatic heterocycles. The number of rotatable bonds is 5. The van der Waals surface area contributed by atoms with Gasteiger partial charge >= 0.3 is 0 Å². The Morgan fingerprint density at radius 1 is 1.33 bits per heavy atom. The van der Waals surface area contributed by atoms with Crippen molar-refractivity contribution >= 4 is 28.5 Å². The quantitative estimate of drug-likeness (QED) is 0.712. The monoisotopic (exact) mass is 348 g/mol. The van der Waals surface area contributed by atoms with E-state index >= 15 is 0 Å². The molecule has 0 fully saturated rings. The number of amides is 1. The van der Waals surface area contributed by atoms with Crippen LogP contribution in [0.4, 0.5) is 4.39 Å². The van der Waals surface area contributed by atoms with E-state index in [1.165, 1.54) is 13.0 Å². The van der Waals surface area contributed by atoms with Crippen molar-refractivity contribution in [3.63, 3.8) is 0 Å². The summed E-state index contributed by atoms with van der Waals surface area (Å²) in [6, 6.07) is 9.69. The van der Waals surface area contributed by atoms with Gasteiger partial charge in [-0.05, 0) is 24.3 Å². The summed E-state index contributed by atoms with van der Waals surface area (Å²) in [5.41, 5.74) is 1.05. The van der Waals surface area contributed by atoms with Crippen molar-refractivity contribution < 1.29 is 18.4 Å². The predicted octanol–water partition coefficient (Wildman–Crippen LogP) is 3.80. The number of halogens is 2. The maximum atomic E-state index is 14.0. The van der Waals surface area contributed by atoms with Crippen molar-refractivity contribution in [2.75, 3.05) is 13.2 Å². The first-order valence-corrected chi connectivity index (χ1v) is 7.65. The molecule has 2 aromatic carbocycles. The van der Waals surface area contributed by atoms with Crippen LogP contribution >= 0.6 is 11.6 Å². The second kappa shape index (κ2) is 6.88. The Morgan fingerprint density at radius 2 is 2.12 bits per heavy atom. The molecule has 3 aromatic rings. The number of fused-ring (bicyclic) bond motifs is 1. The molecule has 0 atom stereocenters. The summed E-state index contributed by atoms with van der Waals surface area (Å²) < 4.78 is 24.8. The van der Waals surface area contributed by atoms with E-state index in [1.54, 1.807) is 30.3 Å². The van der Waals surface area contributed by atoms with Crippen LogP contribution in [0.3, 0.4) is 0 Å². The van der Waals surface area contributed by atoms with Crippen LogP contribution in [0, 0.1) is 5.82 Å². The molecule has 5 nitrogen and oxygen atoms in total. The van der Waals surface area contributed by atoms with Crippen molar-refractivity contribution in [1.29, 1.82) is 0 Å². The summed E-state index contributed by atoms with van der Waals surface area (Å²) >= 11 is 6.28. The minimum Gasteiger partial charge on any atom is -0.490 e. The molecular weight excluding hydrogens is 335 g/mol. The van der Waals surface area contributed by atoms with Gasteiger partial charge in [-0.3, -0.25) is 4.79 Å². The smallest absolute Gasteiger partial charge is 0.216 e. The van der Waals surface area contributed by atoms with Gasteiger partial charge in [-0.1, -0.05) is 28.9 Å². The van der Waals surface area contributed by atoms with Gasteiger partial charge in [0.25, 0.3) is 0 Å². The zero-order valence-electron chi connectivity index (χ0n) is 12.8. The summed E-state index contributed by atoms with van der Waals surface area (Å²) in [4.78, 5) is 10.8. The van der Waals surface area contributed by atoms with Crippen LogP contribution in [-0.4, -0.2) is 24.2 Å². The molecule has 3 rings (SSSR count). The molecular formula is C17H14ClFN2O3. The van der Waals surface area contributed by atoms with Gasteiger partial charge in [0.2, 0.25) is 5.91 Å². The third kappa shape index (κ3) is 3.19. The first kappa shape index (κ1) is 16.3. The highest BCUT2D eigenvalue weighted by Crippen LogP contribution is 2.38. The normalized spacial score (nSPS) is 10.8. The number of carbonyl (C=O) groups excluding carboxylic acids is 1. The minimum atomic E-state index is -0.389. The topological polar surface area (TPSA) is 64.4 Å². The molecule has 0 bridgehead atoms. The van der Waals surface area contributed by atoms with Crippen molar-refractivity contribution in [1.82, 2.24) is 10.5 Å². The van der Waals surface area contributed by atoms with Crippen LogP contribution < -0.4 is 10.1 Å². The highest BCUT2D eigenvalue weighted by Gasteiger charge is 2.18. The van der Waals surface area contributed by atoms with Gasteiger partial charge in [0.05, 0.1) is 11.9 Å². The van der Waals surface area contributed by atoms with Gasteiger partial charge < -0.3 is 14.6 Å². The first-order chi connectivity index (χ1) is 11.6. The van der Waals surface area contributed by atoms with E-state index < -0.39 is 0 Å². The number of nitrogens with zero attached hydrogens (tertiary/aromatic N) is 1. The van der Waals surface area contributed by atoms with E-state index in [9.17, 15) is 9.18 Å². The largest absolute Gasteiger partial charge is 0.490 e. The van der Waals surface area contributed by atoms with Gasteiger partial charge in [-0.15, -0.1) is 0 Å². The number of ether oxygens (including phenoxy) is 1.